The minimum atomic E-state index is -0.0519. The maximum atomic E-state index is 12.8. The molecule has 1 aromatic heterocycles. The van der Waals surface area contributed by atoms with Crippen molar-refractivity contribution in [3.05, 3.63) is 29.5 Å². The fourth-order valence-electron chi connectivity index (χ4n) is 4.24. The van der Waals surface area contributed by atoms with E-state index < -0.39 is 0 Å². The fraction of sp³-hybridized carbons (Fsp3) is 0.556. The fourth-order valence-corrected chi connectivity index (χ4v) is 5.00. The second-order valence-electron chi connectivity index (χ2n) is 7.40. The number of ether oxygens (including phenoxy) is 1. The largest absolute Gasteiger partial charge is 0.377 e. The third-order valence-corrected chi connectivity index (χ3v) is 6.28. The molecule has 4 rings (SSSR count). The van der Waals surface area contributed by atoms with Crippen molar-refractivity contribution < 1.29 is 9.53 Å². The highest BCUT2D eigenvalue weighted by atomic mass is 32.1. The number of aromatic nitrogens is 1. The van der Waals surface area contributed by atoms with Gasteiger partial charge in [-0.05, 0) is 43.4 Å². The zero-order valence-electron chi connectivity index (χ0n) is 13.8. The number of carbonyl (C=O) groups is 1. The van der Waals surface area contributed by atoms with Crippen molar-refractivity contribution in [3.8, 4) is 0 Å². The Kier molecular flexibility index (Phi) is 3.46. The summed E-state index contributed by atoms with van der Waals surface area (Å²) < 4.78 is 11.4. The molecule has 2 aromatic rings. The predicted molar refractivity (Wildman–Crippen MR) is 91.9 cm³/mol. The van der Waals surface area contributed by atoms with E-state index in [0.717, 1.165) is 35.1 Å². The number of hydrogen-bond acceptors (Lipinski definition) is 4. The van der Waals surface area contributed by atoms with Crippen LogP contribution in [0.1, 0.15) is 42.7 Å². The van der Waals surface area contributed by atoms with Gasteiger partial charge in [0, 0.05) is 29.4 Å². The number of aryl methyl sites for hydroxylation is 1. The van der Waals surface area contributed by atoms with Gasteiger partial charge in [-0.25, -0.2) is 0 Å². The van der Waals surface area contributed by atoms with Crippen molar-refractivity contribution in [2.75, 3.05) is 6.61 Å². The molecule has 1 saturated carbocycles. The van der Waals surface area contributed by atoms with Crippen LogP contribution in [-0.4, -0.2) is 29.0 Å². The van der Waals surface area contributed by atoms with E-state index in [1.165, 1.54) is 11.5 Å². The molecule has 1 aliphatic heterocycles. The molecule has 1 aromatic carbocycles. The van der Waals surface area contributed by atoms with Crippen molar-refractivity contribution in [3.63, 3.8) is 0 Å². The Morgan fingerprint density at radius 3 is 3.09 bits per heavy atom. The van der Waals surface area contributed by atoms with E-state index in [9.17, 15) is 4.79 Å². The molecule has 0 bridgehead atoms. The van der Waals surface area contributed by atoms with Gasteiger partial charge in [0.1, 0.15) is 5.69 Å². The third-order valence-electron chi connectivity index (χ3n) is 5.46. The number of benzene rings is 1. The molecule has 23 heavy (non-hydrogen) atoms. The highest BCUT2D eigenvalue weighted by Crippen LogP contribution is 2.51. The van der Waals surface area contributed by atoms with Crippen LogP contribution >= 0.6 is 11.5 Å². The molecular formula is C18H22N2O2S. The van der Waals surface area contributed by atoms with Crippen molar-refractivity contribution in [1.29, 1.82) is 0 Å². The predicted octanol–water partition coefficient (Wildman–Crippen LogP) is 3.54. The summed E-state index contributed by atoms with van der Waals surface area (Å²) >= 11 is 1.39. The second-order valence-corrected chi connectivity index (χ2v) is 8.21. The van der Waals surface area contributed by atoms with Crippen LogP contribution in [0.15, 0.2) is 18.2 Å². The van der Waals surface area contributed by atoms with Crippen molar-refractivity contribution in [1.82, 2.24) is 9.69 Å². The van der Waals surface area contributed by atoms with Gasteiger partial charge < -0.3 is 10.1 Å². The minimum Gasteiger partial charge on any atom is -0.377 e. The molecule has 122 valence electrons. The van der Waals surface area contributed by atoms with Gasteiger partial charge in [0.25, 0.3) is 5.91 Å². The third kappa shape index (κ3) is 2.29. The highest BCUT2D eigenvalue weighted by Gasteiger charge is 2.58. The van der Waals surface area contributed by atoms with E-state index in [1.807, 2.05) is 19.1 Å². The first-order valence-electron chi connectivity index (χ1n) is 8.27. The summed E-state index contributed by atoms with van der Waals surface area (Å²) in [6, 6.07) is 6.31. The molecular weight excluding hydrogens is 308 g/mol. The molecule has 1 aliphatic carbocycles. The molecule has 2 aliphatic rings. The molecule has 4 nitrogen and oxygen atoms in total. The Balaban J connectivity index is 1.58. The van der Waals surface area contributed by atoms with Gasteiger partial charge in [0.2, 0.25) is 0 Å². The number of amides is 1. The number of carbonyl (C=O) groups excluding carboxylic acids is 1. The van der Waals surface area contributed by atoms with Crippen LogP contribution in [0.5, 0.6) is 0 Å². The van der Waals surface area contributed by atoms with E-state index >= 15 is 0 Å². The van der Waals surface area contributed by atoms with Crippen LogP contribution in [0.2, 0.25) is 0 Å². The molecule has 3 atom stereocenters. The average molecular weight is 330 g/mol. The molecule has 2 heterocycles. The van der Waals surface area contributed by atoms with E-state index in [-0.39, 0.29) is 23.5 Å². The van der Waals surface area contributed by atoms with Gasteiger partial charge in [0.15, 0.2) is 0 Å². The summed E-state index contributed by atoms with van der Waals surface area (Å²) in [6.07, 6.45) is 2.49. The molecule has 2 fully saturated rings. The van der Waals surface area contributed by atoms with Gasteiger partial charge in [-0.3, -0.25) is 4.79 Å². The average Bonchev–Trinajstić information content (AvgIpc) is 2.95. The lowest BCUT2D eigenvalue weighted by Crippen LogP contribution is -2.70. The summed E-state index contributed by atoms with van der Waals surface area (Å²) in [7, 11) is 0. The Bertz CT molecular complexity index is 767. The minimum absolute atomic E-state index is 0.0114. The summed E-state index contributed by atoms with van der Waals surface area (Å²) in [5.41, 5.74) is 1.70. The van der Waals surface area contributed by atoms with Gasteiger partial charge in [-0.1, -0.05) is 25.5 Å². The summed E-state index contributed by atoms with van der Waals surface area (Å²) in [5.74, 6) is 0.387. The summed E-state index contributed by atoms with van der Waals surface area (Å²) in [5, 5.41) is 4.20. The zero-order valence-corrected chi connectivity index (χ0v) is 14.6. The first kappa shape index (κ1) is 15.1. The molecule has 0 spiro atoms. The van der Waals surface area contributed by atoms with E-state index in [4.69, 9.17) is 4.74 Å². The molecule has 1 N–H and O–H groups in total. The van der Waals surface area contributed by atoms with E-state index in [1.54, 1.807) is 0 Å². The Morgan fingerprint density at radius 1 is 1.43 bits per heavy atom. The lowest BCUT2D eigenvalue weighted by Gasteiger charge is -2.59. The van der Waals surface area contributed by atoms with Crippen molar-refractivity contribution in [2.24, 2.45) is 11.3 Å². The van der Waals surface area contributed by atoms with Crippen LogP contribution in [0.4, 0.5) is 0 Å². The number of nitrogens with one attached hydrogen (secondary N) is 1. The molecule has 1 saturated heterocycles. The van der Waals surface area contributed by atoms with Crippen LogP contribution < -0.4 is 5.32 Å². The zero-order chi connectivity index (χ0) is 16.2. The smallest absolute Gasteiger partial charge is 0.271 e. The van der Waals surface area contributed by atoms with Crippen molar-refractivity contribution in [2.45, 2.75) is 45.8 Å². The lowest BCUT2D eigenvalue weighted by molar-refractivity contribution is -0.189. The SMILES string of the molecule is Cc1ccc2snc(C(=O)NC3C4CCCOC4C3(C)C)c2c1. The van der Waals surface area contributed by atoms with Crippen LogP contribution in [-0.2, 0) is 4.74 Å². The second kappa shape index (κ2) is 5.28. The summed E-state index contributed by atoms with van der Waals surface area (Å²) in [6.45, 7) is 7.26. The normalized spacial score (nSPS) is 28.9. The first-order chi connectivity index (χ1) is 11.0. The number of rotatable bonds is 2. The van der Waals surface area contributed by atoms with Gasteiger partial charge in [-0.2, -0.15) is 4.37 Å². The quantitative estimate of drug-likeness (QED) is 0.916. The molecule has 5 heteroatoms. The van der Waals surface area contributed by atoms with Gasteiger partial charge in [-0.15, -0.1) is 0 Å². The van der Waals surface area contributed by atoms with Crippen LogP contribution in [0.3, 0.4) is 0 Å². The molecule has 0 radical (unpaired) electrons. The lowest BCUT2D eigenvalue weighted by atomic mass is 9.55. The Morgan fingerprint density at radius 2 is 2.26 bits per heavy atom. The topological polar surface area (TPSA) is 51.2 Å². The van der Waals surface area contributed by atoms with E-state index in [0.29, 0.717) is 11.6 Å². The number of nitrogens with zero attached hydrogens (tertiary/aromatic N) is 1. The van der Waals surface area contributed by atoms with Crippen LogP contribution in [0.25, 0.3) is 10.1 Å². The van der Waals surface area contributed by atoms with Gasteiger partial charge >= 0.3 is 0 Å². The highest BCUT2D eigenvalue weighted by molar-refractivity contribution is 7.13. The van der Waals surface area contributed by atoms with Crippen molar-refractivity contribution >= 4 is 27.5 Å². The van der Waals surface area contributed by atoms with E-state index in [2.05, 4.69) is 29.6 Å². The Hall–Kier alpha value is -1.46. The number of fused-ring (bicyclic) bond motifs is 2. The number of hydrogen-bond donors (Lipinski definition) is 1. The maximum absolute atomic E-state index is 12.8. The van der Waals surface area contributed by atoms with Gasteiger partial charge in [0.05, 0.1) is 10.8 Å². The standard InChI is InChI=1S/C18H22N2O2S/c1-10-6-7-13-12(9-10)14(20-23-13)17(21)19-15-11-5-4-8-22-16(11)18(15,2)3/h6-7,9,11,15-16H,4-5,8H2,1-3H3,(H,19,21). The molecule has 1 amide bonds. The Labute approximate surface area is 140 Å². The van der Waals surface area contributed by atoms with Crippen LogP contribution in [0, 0.1) is 18.3 Å². The molecule has 3 unspecified atom stereocenters. The monoisotopic (exact) mass is 330 g/mol. The summed E-state index contributed by atoms with van der Waals surface area (Å²) in [4.78, 5) is 12.8. The maximum Gasteiger partial charge on any atom is 0.271 e. The first-order valence-corrected chi connectivity index (χ1v) is 9.04.